The van der Waals surface area contributed by atoms with Crippen LogP contribution in [0.5, 0.6) is 0 Å². The molecule has 0 unspecified atom stereocenters. The fourth-order valence-electron chi connectivity index (χ4n) is 1.41. The summed E-state index contributed by atoms with van der Waals surface area (Å²) in [7, 11) is 0. The number of nitrogens with zero attached hydrogens (tertiary/aromatic N) is 1. The lowest BCUT2D eigenvalue weighted by atomic mass is 10.2. The number of halogens is 2. The van der Waals surface area contributed by atoms with Crippen LogP contribution in [0.15, 0.2) is 18.3 Å². The number of aryl methyl sites for hydroxylation is 1. The standard InChI is InChI=1S/C8H9F2N.C5H10O/c1-6-3-4-7(11-5-6)8(2,9)10;1-2-4-6-5-3-1/h3-5H,1-2H3;1-5H2. The summed E-state index contributed by atoms with van der Waals surface area (Å²) in [6, 6.07) is 2.97. The van der Waals surface area contributed by atoms with Crippen LogP contribution in [0.1, 0.15) is 37.4 Å². The van der Waals surface area contributed by atoms with Crippen molar-refractivity contribution in [2.24, 2.45) is 0 Å². The topological polar surface area (TPSA) is 22.1 Å². The van der Waals surface area contributed by atoms with Gasteiger partial charge in [0.05, 0.1) is 0 Å². The summed E-state index contributed by atoms with van der Waals surface area (Å²) >= 11 is 0. The monoisotopic (exact) mass is 243 g/mol. The first-order valence-electron chi connectivity index (χ1n) is 5.89. The van der Waals surface area contributed by atoms with Crippen LogP contribution >= 0.6 is 0 Å². The molecule has 0 spiro atoms. The van der Waals surface area contributed by atoms with E-state index in [1.54, 1.807) is 6.07 Å². The minimum absolute atomic E-state index is 0.178. The molecule has 1 aromatic rings. The fraction of sp³-hybridized carbons (Fsp3) is 0.615. The molecule has 1 saturated heterocycles. The Balaban J connectivity index is 0.000000202. The third kappa shape index (κ3) is 5.73. The van der Waals surface area contributed by atoms with Gasteiger partial charge in [0.1, 0.15) is 5.69 Å². The molecule has 2 rings (SSSR count). The summed E-state index contributed by atoms with van der Waals surface area (Å²) in [5.74, 6) is -2.83. The van der Waals surface area contributed by atoms with Crippen LogP contribution < -0.4 is 0 Å². The van der Waals surface area contributed by atoms with E-state index >= 15 is 0 Å². The first-order valence-corrected chi connectivity index (χ1v) is 5.89. The Hall–Kier alpha value is -1.03. The van der Waals surface area contributed by atoms with Crippen LogP contribution in [-0.2, 0) is 10.7 Å². The van der Waals surface area contributed by atoms with Gasteiger partial charge < -0.3 is 4.74 Å². The van der Waals surface area contributed by atoms with Crippen molar-refractivity contribution in [3.8, 4) is 0 Å². The van der Waals surface area contributed by atoms with Gasteiger partial charge in [-0.15, -0.1) is 0 Å². The molecule has 1 aliphatic rings. The summed E-state index contributed by atoms with van der Waals surface area (Å²) in [5, 5.41) is 0. The number of pyridine rings is 1. The van der Waals surface area contributed by atoms with Crippen molar-refractivity contribution in [3.63, 3.8) is 0 Å². The van der Waals surface area contributed by atoms with Gasteiger partial charge in [0.2, 0.25) is 0 Å². The SMILES string of the molecule is C1CCOCC1.Cc1ccc(C(C)(F)F)nc1. The van der Waals surface area contributed by atoms with E-state index in [2.05, 4.69) is 4.98 Å². The Morgan fingerprint density at radius 2 is 1.82 bits per heavy atom. The van der Waals surface area contributed by atoms with Crippen molar-refractivity contribution in [3.05, 3.63) is 29.6 Å². The largest absolute Gasteiger partial charge is 0.381 e. The molecule has 2 heterocycles. The maximum absolute atomic E-state index is 12.5. The van der Waals surface area contributed by atoms with Crippen molar-refractivity contribution in [1.82, 2.24) is 4.98 Å². The van der Waals surface area contributed by atoms with Crippen LogP contribution in [0.4, 0.5) is 8.78 Å². The molecule has 17 heavy (non-hydrogen) atoms. The van der Waals surface area contributed by atoms with E-state index in [9.17, 15) is 8.78 Å². The molecule has 4 heteroatoms. The summed E-state index contributed by atoms with van der Waals surface area (Å²) in [5.41, 5.74) is 0.709. The average molecular weight is 243 g/mol. The molecule has 2 nitrogen and oxygen atoms in total. The minimum atomic E-state index is -2.83. The predicted molar refractivity (Wildman–Crippen MR) is 63.2 cm³/mol. The van der Waals surface area contributed by atoms with Crippen molar-refractivity contribution >= 4 is 0 Å². The molecular formula is C13H19F2NO. The number of aromatic nitrogens is 1. The molecule has 1 aliphatic heterocycles. The second kappa shape index (κ2) is 6.64. The third-order valence-electron chi connectivity index (χ3n) is 2.44. The van der Waals surface area contributed by atoms with Gasteiger partial charge in [-0.2, -0.15) is 8.78 Å². The number of alkyl halides is 2. The molecule has 0 saturated carbocycles. The van der Waals surface area contributed by atoms with Gasteiger partial charge in [-0.05, 0) is 37.8 Å². The van der Waals surface area contributed by atoms with E-state index in [0.29, 0.717) is 0 Å². The highest BCUT2D eigenvalue weighted by atomic mass is 19.3. The quantitative estimate of drug-likeness (QED) is 0.750. The van der Waals surface area contributed by atoms with E-state index in [-0.39, 0.29) is 5.69 Å². The van der Waals surface area contributed by atoms with Crippen molar-refractivity contribution in [2.75, 3.05) is 13.2 Å². The molecule has 1 aromatic heterocycles. The van der Waals surface area contributed by atoms with Gasteiger partial charge >= 0.3 is 0 Å². The minimum Gasteiger partial charge on any atom is -0.381 e. The maximum Gasteiger partial charge on any atom is 0.286 e. The Morgan fingerprint density at radius 3 is 2.12 bits per heavy atom. The second-order valence-corrected chi connectivity index (χ2v) is 4.28. The summed E-state index contributed by atoms with van der Waals surface area (Å²) in [6.07, 6.45) is 5.37. The van der Waals surface area contributed by atoms with Crippen LogP contribution in [-0.4, -0.2) is 18.2 Å². The molecule has 0 aliphatic carbocycles. The zero-order valence-electron chi connectivity index (χ0n) is 10.4. The zero-order chi connectivity index (χ0) is 12.7. The van der Waals surface area contributed by atoms with E-state index in [4.69, 9.17) is 4.74 Å². The number of hydrogen-bond acceptors (Lipinski definition) is 2. The number of ether oxygens (including phenoxy) is 1. The molecule has 0 N–H and O–H groups in total. The fourth-order valence-corrected chi connectivity index (χ4v) is 1.41. The maximum atomic E-state index is 12.5. The van der Waals surface area contributed by atoms with Gasteiger partial charge in [-0.25, -0.2) is 0 Å². The lowest BCUT2D eigenvalue weighted by molar-refractivity contribution is 0.0127. The Bertz CT molecular complexity index is 304. The van der Waals surface area contributed by atoms with Gasteiger partial charge in [-0.1, -0.05) is 6.07 Å². The highest BCUT2D eigenvalue weighted by molar-refractivity contribution is 5.15. The molecular weight excluding hydrogens is 224 g/mol. The number of rotatable bonds is 1. The van der Waals surface area contributed by atoms with Crippen LogP contribution in [0, 0.1) is 6.92 Å². The predicted octanol–water partition coefficient (Wildman–Crippen LogP) is 3.69. The first-order chi connectivity index (χ1) is 8.00. The van der Waals surface area contributed by atoms with Gasteiger partial charge in [0.25, 0.3) is 5.92 Å². The molecule has 0 radical (unpaired) electrons. The van der Waals surface area contributed by atoms with Crippen molar-refractivity contribution < 1.29 is 13.5 Å². The smallest absolute Gasteiger partial charge is 0.286 e. The van der Waals surface area contributed by atoms with Crippen LogP contribution in [0.25, 0.3) is 0 Å². The summed E-state index contributed by atoms with van der Waals surface area (Å²) < 4.78 is 30.1. The molecule has 1 fully saturated rings. The lowest BCUT2D eigenvalue weighted by Crippen LogP contribution is -2.08. The lowest BCUT2D eigenvalue weighted by Gasteiger charge is -2.08. The van der Waals surface area contributed by atoms with Gasteiger partial charge in [-0.3, -0.25) is 4.98 Å². The van der Waals surface area contributed by atoms with E-state index in [1.807, 2.05) is 6.92 Å². The molecule has 0 atom stereocenters. The van der Waals surface area contributed by atoms with E-state index in [1.165, 1.54) is 31.5 Å². The van der Waals surface area contributed by atoms with Crippen LogP contribution in [0.3, 0.4) is 0 Å². The summed E-state index contributed by atoms with van der Waals surface area (Å²) in [4.78, 5) is 3.60. The zero-order valence-corrected chi connectivity index (χ0v) is 10.4. The highest BCUT2D eigenvalue weighted by Crippen LogP contribution is 2.24. The molecule has 96 valence electrons. The number of hydrogen-bond donors (Lipinski definition) is 0. The molecule has 0 amide bonds. The van der Waals surface area contributed by atoms with E-state index < -0.39 is 5.92 Å². The Labute approximate surface area is 101 Å². The summed E-state index contributed by atoms with van der Waals surface area (Å²) in [6.45, 7) is 4.65. The van der Waals surface area contributed by atoms with Crippen molar-refractivity contribution in [2.45, 2.75) is 39.0 Å². The average Bonchev–Trinajstić information content (AvgIpc) is 2.31. The molecule has 0 aromatic carbocycles. The second-order valence-electron chi connectivity index (χ2n) is 4.28. The Kier molecular flexibility index (Phi) is 5.48. The van der Waals surface area contributed by atoms with Crippen molar-refractivity contribution in [1.29, 1.82) is 0 Å². The first kappa shape index (κ1) is 14.0. The third-order valence-corrected chi connectivity index (χ3v) is 2.44. The highest BCUT2D eigenvalue weighted by Gasteiger charge is 2.25. The van der Waals surface area contributed by atoms with Gasteiger partial charge in [0, 0.05) is 26.3 Å². The van der Waals surface area contributed by atoms with E-state index in [0.717, 1.165) is 25.7 Å². The van der Waals surface area contributed by atoms with Crippen LogP contribution in [0.2, 0.25) is 0 Å². The Morgan fingerprint density at radius 1 is 1.18 bits per heavy atom. The van der Waals surface area contributed by atoms with Gasteiger partial charge in [0.15, 0.2) is 0 Å². The normalized spacial score (nSPS) is 16.0. The molecule has 0 bridgehead atoms.